The van der Waals surface area contributed by atoms with Crippen molar-refractivity contribution in [2.75, 3.05) is 10.6 Å². The van der Waals surface area contributed by atoms with Crippen molar-refractivity contribution in [3.8, 4) is 11.4 Å². The Morgan fingerprint density at radius 2 is 1.24 bits per heavy atom. The summed E-state index contributed by atoms with van der Waals surface area (Å²) >= 11 is 0. The highest BCUT2D eigenvalue weighted by atomic mass is 16.4. The van der Waals surface area contributed by atoms with Crippen LogP contribution in [0.5, 0.6) is 0 Å². The minimum absolute atomic E-state index is 0.0461. The molecule has 1 amide bonds. The molecule has 2 aliphatic rings. The molecule has 0 aromatic carbocycles. The average Bonchev–Trinajstić information content (AvgIpc) is 3.70. The van der Waals surface area contributed by atoms with Crippen LogP contribution in [0.4, 0.5) is 16.4 Å². The van der Waals surface area contributed by atoms with Crippen LogP contribution in [0, 0.1) is 0 Å². The quantitative estimate of drug-likeness (QED) is 0.220. The van der Waals surface area contributed by atoms with Gasteiger partial charge in [0.2, 0.25) is 0 Å². The summed E-state index contributed by atoms with van der Waals surface area (Å²) in [5.74, 6) is 1.35. The number of hydrogen-bond donors (Lipinski definition) is 4. The Hall–Kier alpha value is -5.51. The van der Waals surface area contributed by atoms with Gasteiger partial charge in [0.05, 0.1) is 23.8 Å². The molecule has 0 radical (unpaired) electrons. The molecule has 16 heteroatoms. The number of carboxylic acid groups (broad SMARTS) is 1. The van der Waals surface area contributed by atoms with Crippen molar-refractivity contribution in [1.82, 2.24) is 33.1 Å². The molecule has 51 heavy (non-hydrogen) atoms. The highest BCUT2D eigenvalue weighted by Crippen LogP contribution is 2.31. The first-order chi connectivity index (χ1) is 24.1. The largest absolute Gasteiger partial charge is 0.465 e. The number of hydrogen-bond acceptors (Lipinski definition) is 10. The highest BCUT2D eigenvalue weighted by molar-refractivity contribution is 5.66. The van der Waals surface area contributed by atoms with E-state index in [0.29, 0.717) is 29.7 Å². The van der Waals surface area contributed by atoms with Crippen LogP contribution in [0.3, 0.4) is 0 Å². The first kappa shape index (κ1) is 36.8. The molecule has 6 rings (SSSR count). The molecule has 0 unspecified atom stereocenters. The van der Waals surface area contributed by atoms with Crippen LogP contribution in [-0.2, 0) is 14.1 Å². The summed E-state index contributed by atoms with van der Waals surface area (Å²) in [7, 11) is 3.18. The van der Waals surface area contributed by atoms with Crippen LogP contribution < -0.4 is 38.9 Å². The van der Waals surface area contributed by atoms with Crippen molar-refractivity contribution in [2.24, 2.45) is 19.8 Å². The van der Waals surface area contributed by atoms with Crippen molar-refractivity contribution in [3.63, 3.8) is 0 Å². The number of carbonyl (C=O) groups is 1. The fourth-order valence-electron chi connectivity index (χ4n) is 6.69. The third kappa shape index (κ3) is 8.63. The topological polar surface area (TPSA) is 204 Å². The maximum atomic E-state index is 12.2. The first-order valence-electron chi connectivity index (χ1n) is 16.9. The van der Waals surface area contributed by atoms with Crippen molar-refractivity contribution in [1.29, 1.82) is 0 Å². The van der Waals surface area contributed by atoms with Gasteiger partial charge in [-0.25, -0.2) is 33.5 Å². The number of nitrogens with one attached hydrogen (secondary N) is 2. The fraction of sp³-hybridized carbons (Fsp3) is 0.457. The lowest BCUT2D eigenvalue weighted by Crippen LogP contribution is -2.50. The van der Waals surface area contributed by atoms with Gasteiger partial charge in [0.15, 0.2) is 0 Å². The van der Waals surface area contributed by atoms with E-state index in [4.69, 9.17) is 5.73 Å². The summed E-state index contributed by atoms with van der Waals surface area (Å²) < 4.78 is 4.85. The zero-order chi connectivity index (χ0) is 37.0. The molecule has 2 aliphatic carbocycles. The molecule has 0 spiro atoms. The van der Waals surface area contributed by atoms with Crippen molar-refractivity contribution < 1.29 is 9.90 Å². The number of rotatable bonds is 7. The van der Waals surface area contributed by atoms with Crippen molar-refractivity contribution in [3.05, 3.63) is 103 Å². The normalized spacial score (nSPS) is 20.0. The molecule has 4 aromatic heterocycles. The number of nitrogens with zero attached hydrogens (tertiary/aromatic N) is 7. The Balaban J connectivity index is 0.000000205. The van der Waals surface area contributed by atoms with Gasteiger partial charge in [-0.3, -0.25) is 9.59 Å². The van der Waals surface area contributed by atoms with Crippen molar-refractivity contribution >= 4 is 17.7 Å². The van der Waals surface area contributed by atoms with E-state index in [9.17, 15) is 29.1 Å². The van der Waals surface area contributed by atoms with E-state index in [-0.39, 0.29) is 23.7 Å². The molecular weight excluding hydrogens is 656 g/mol. The summed E-state index contributed by atoms with van der Waals surface area (Å²) in [5, 5.41) is 16.2. The fourth-order valence-corrected chi connectivity index (χ4v) is 6.69. The molecule has 0 aliphatic heterocycles. The summed E-state index contributed by atoms with van der Waals surface area (Å²) in [6.45, 7) is 5.70. The van der Waals surface area contributed by atoms with Crippen LogP contribution in [0.25, 0.3) is 11.4 Å². The molecule has 16 nitrogen and oxygen atoms in total. The van der Waals surface area contributed by atoms with E-state index in [1.807, 2.05) is 20.8 Å². The molecule has 5 N–H and O–H groups in total. The summed E-state index contributed by atoms with van der Waals surface area (Å²) in [4.78, 5) is 70.1. The number of pyridine rings is 2. The Labute approximate surface area is 294 Å². The van der Waals surface area contributed by atoms with Gasteiger partial charge in [-0.2, -0.15) is 0 Å². The molecule has 4 aromatic rings. The lowest BCUT2D eigenvalue weighted by atomic mass is 10.0. The summed E-state index contributed by atoms with van der Waals surface area (Å²) in [6, 6.07) is 10.2. The molecule has 272 valence electrons. The Morgan fingerprint density at radius 3 is 1.63 bits per heavy atom. The lowest BCUT2D eigenvalue weighted by molar-refractivity contribution is 0.0718. The van der Waals surface area contributed by atoms with E-state index in [1.54, 1.807) is 38.4 Å². The van der Waals surface area contributed by atoms with Gasteiger partial charge in [-0.05, 0) is 83.6 Å². The standard InChI is InChI=1S/C20H27N5O4.C15H19N5O2/c1-20(2,3)25(19(28)29)14-6-5-13(11-14)22-16-8-7-15(12-21-16)24-17(26)9-10-23(4)18(24)27;1-19-7-6-14(21)20(15(19)22)12-4-5-13(17-9-12)18-11-3-2-10(16)8-11/h7-10,12-14H,5-6,11H2,1-4H3,(H,21,22)(H,28,29);4-7,9-11H,2-3,8,16H2,1H3,(H,17,18)/t13-,14-;10-,11-/m00/s1. The van der Waals surface area contributed by atoms with E-state index in [1.165, 1.54) is 51.0 Å². The number of nitrogens with two attached hydrogens (primary N) is 1. The second-order valence-corrected chi connectivity index (χ2v) is 14.1. The van der Waals surface area contributed by atoms with E-state index < -0.39 is 28.6 Å². The van der Waals surface area contributed by atoms with Gasteiger partial charge < -0.3 is 35.5 Å². The van der Waals surface area contributed by atoms with Gasteiger partial charge in [0.1, 0.15) is 11.6 Å². The predicted octanol–water partition coefficient (Wildman–Crippen LogP) is 2.27. The number of aromatic nitrogens is 6. The number of amides is 1. The minimum Gasteiger partial charge on any atom is -0.465 e. The van der Waals surface area contributed by atoms with Gasteiger partial charge in [-0.1, -0.05) is 0 Å². The van der Waals surface area contributed by atoms with Gasteiger partial charge in [-0.15, -0.1) is 0 Å². The van der Waals surface area contributed by atoms with E-state index >= 15 is 0 Å². The van der Waals surface area contributed by atoms with Gasteiger partial charge in [0, 0.05) is 68.3 Å². The molecule has 0 saturated heterocycles. The predicted molar refractivity (Wildman–Crippen MR) is 194 cm³/mol. The number of anilines is 2. The maximum Gasteiger partial charge on any atom is 0.407 e. The van der Waals surface area contributed by atoms with Crippen LogP contribution in [-0.4, -0.2) is 74.0 Å². The third-order valence-corrected chi connectivity index (χ3v) is 9.20. The minimum atomic E-state index is -0.902. The molecule has 2 saturated carbocycles. The molecule has 0 bridgehead atoms. The number of aryl methyl sites for hydroxylation is 2. The summed E-state index contributed by atoms with van der Waals surface area (Å²) in [6.07, 6.45) is 10.3. The van der Waals surface area contributed by atoms with Gasteiger partial charge >= 0.3 is 17.5 Å². The molecule has 4 heterocycles. The average molecular weight is 703 g/mol. The second kappa shape index (κ2) is 15.2. The molecule has 2 fully saturated rings. The Morgan fingerprint density at radius 1 is 0.765 bits per heavy atom. The van der Waals surface area contributed by atoms with Crippen LogP contribution in [0.2, 0.25) is 0 Å². The van der Waals surface area contributed by atoms with Gasteiger partial charge in [0.25, 0.3) is 11.1 Å². The Kier molecular flexibility index (Phi) is 10.9. The van der Waals surface area contributed by atoms with E-state index in [0.717, 1.165) is 47.1 Å². The van der Waals surface area contributed by atoms with Crippen LogP contribution in [0.1, 0.15) is 59.3 Å². The summed E-state index contributed by atoms with van der Waals surface area (Å²) in [5.41, 5.74) is 4.68. The van der Waals surface area contributed by atoms with E-state index in [2.05, 4.69) is 20.6 Å². The monoisotopic (exact) mass is 702 g/mol. The van der Waals surface area contributed by atoms with Crippen LogP contribution in [0.15, 0.2) is 80.4 Å². The van der Waals surface area contributed by atoms with Crippen molar-refractivity contribution in [2.45, 2.75) is 89.0 Å². The maximum absolute atomic E-state index is 12.2. The second-order valence-electron chi connectivity index (χ2n) is 14.1. The highest BCUT2D eigenvalue weighted by Gasteiger charge is 2.38. The smallest absolute Gasteiger partial charge is 0.407 e. The molecular formula is C35H46N10O6. The molecule has 4 atom stereocenters. The Bertz CT molecular complexity index is 2080. The zero-order valence-corrected chi connectivity index (χ0v) is 29.5. The lowest BCUT2D eigenvalue weighted by Gasteiger charge is -2.38. The SMILES string of the molecule is Cn1ccc(=O)n(-c2ccc(N[C@H]3CC[C@H](N(C(=O)O)C(C)(C)C)C3)nc2)c1=O.Cn1ccc(=O)n(-c2ccc(N[C@H]3CC[C@H](N)C3)nc2)c1=O. The van der Waals surface area contributed by atoms with Crippen LogP contribution >= 0.6 is 0 Å². The first-order valence-corrected chi connectivity index (χ1v) is 16.9. The third-order valence-electron chi connectivity index (χ3n) is 9.20. The zero-order valence-electron chi connectivity index (χ0n) is 29.5.